The third-order valence-corrected chi connectivity index (χ3v) is 4.73. The summed E-state index contributed by atoms with van der Waals surface area (Å²) in [6.07, 6.45) is 2.99. The third kappa shape index (κ3) is 4.92. The molecule has 1 amide bonds. The molecule has 1 unspecified atom stereocenters. The molecule has 5 nitrogen and oxygen atoms in total. The van der Waals surface area contributed by atoms with Gasteiger partial charge in [0.25, 0.3) is 0 Å². The first-order chi connectivity index (χ1) is 12.5. The lowest BCUT2D eigenvalue weighted by Crippen LogP contribution is -2.44. The van der Waals surface area contributed by atoms with E-state index < -0.39 is 11.9 Å². The van der Waals surface area contributed by atoms with E-state index in [0.29, 0.717) is 36.8 Å². The normalized spacial score (nSPS) is 17.9. The Hall–Kier alpha value is -1.73. The van der Waals surface area contributed by atoms with Gasteiger partial charge in [0.1, 0.15) is 5.82 Å². The van der Waals surface area contributed by atoms with Crippen LogP contribution in [-0.4, -0.2) is 42.0 Å². The van der Waals surface area contributed by atoms with E-state index in [1.54, 1.807) is 12.4 Å². The fourth-order valence-corrected chi connectivity index (χ4v) is 3.29. The van der Waals surface area contributed by atoms with Crippen LogP contribution in [0.5, 0.6) is 0 Å². The molecule has 3 rings (SSSR count). The summed E-state index contributed by atoms with van der Waals surface area (Å²) in [6, 6.07) is 6.39. The molecule has 138 valence electrons. The van der Waals surface area contributed by atoms with Crippen molar-refractivity contribution in [1.82, 2.24) is 15.2 Å². The van der Waals surface area contributed by atoms with Crippen LogP contribution < -0.4 is 5.32 Å². The Labute approximate surface area is 161 Å². The second kappa shape index (κ2) is 8.77. The zero-order valence-electron chi connectivity index (χ0n) is 13.9. The Balaban J connectivity index is 1.57. The van der Waals surface area contributed by atoms with Gasteiger partial charge < -0.3 is 10.1 Å². The first kappa shape index (κ1) is 19.0. The molecule has 0 spiro atoms. The highest BCUT2D eigenvalue weighted by Gasteiger charge is 2.26. The average molecular weight is 398 g/mol. The quantitative estimate of drug-likeness (QED) is 0.786. The van der Waals surface area contributed by atoms with Crippen molar-refractivity contribution in [3.63, 3.8) is 0 Å². The molecule has 1 aromatic heterocycles. The number of nitrogens with one attached hydrogen (secondary N) is 1. The van der Waals surface area contributed by atoms with Crippen LogP contribution in [0.2, 0.25) is 10.0 Å². The van der Waals surface area contributed by atoms with Gasteiger partial charge in [-0.25, -0.2) is 4.39 Å². The molecule has 1 fully saturated rings. The van der Waals surface area contributed by atoms with Crippen LogP contribution in [0.25, 0.3) is 0 Å². The number of halogens is 3. The molecule has 1 aliphatic heterocycles. The first-order valence-corrected chi connectivity index (χ1v) is 8.92. The van der Waals surface area contributed by atoms with Crippen molar-refractivity contribution in [2.45, 2.75) is 12.6 Å². The van der Waals surface area contributed by atoms with Crippen molar-refractivity contribution in [2.75, 3.05) is 26.2 Å². The summed E-state index contributed by atoms with van der Waals surface area (Å²) in [5.41, 5.74) is 1.47. The lowest BCUT2D eigenvalue weighted by Gasteiger charge is -2.33. The number of nitrogens with zero attached hydrogens (tertiary/aromatic N) is 2. The largest absolute Gasteiger partial charge is 0.371 e. The number of carbonyl (C=O) groups is 1. The van der Waals surface area contributed by atoms with Crippen LogP contribution in [-0.2, 0) is 16.1 Å². The topological polar surface area (TPSA) is 54.5 Å². The van der Waals surface area contributed by atoms with Crippen LogP contribution in [0.1, 0.15) is 17.2 Å². The predicted octanol–water partition coefficient (Wildman–Crippen LogP) is 3.22. The fourth-order valence-electron chi connectivity index (χ4n) is 2.78. The number of benzene rings is 1. The smallest absolute Gasteiger partial charge is 0.234 e. The number of hydrogen-bond donors (Lipinski definition) is 1. The molecular weight excluding hydrogens is 380 g/mol. The van der Waals surface area contributed by atoms with E-state index >= 15 is 0 Å². The van der Waals surface area contributed by atoms with Crippen molar-refractivity contribution in [3.8, 4) is 0 Å². The van der Waals surface area contributed by atoms with Gasteiger partial charge in [-0.15, -0.1) is 0 Å². The van der Waals surface area contributed by atoms with Crippen LogP contribution in [0.3, 0.4) is 0 Å². The standard InChI is InChI=1S/C18H18Cl2FN3O2/c19-14-7-15(20)16(21)6-13(14)17-10-24(4-5-26-17)11-18(25)23-9-12-2-1-3-22-8-12/h1-3,6-8,17H,4-5,9-11H2,(H,23,25). The molecule has 8 heteroatoms. The molecule has 2 heterocycles. The number of morpholine rings is 1. The summed E-state index contributed by atoms with van der Waals surface area (Å²) < 4.78 is 19.5. The second-order valence-corrected chi connectivity index (χ2v) is 6.83. The Morgan fingerprint density at radius 3 is 3.00 bits per heavy atom. The fraction of sp³-hybridized carbons (Fsp3) is 0.333. The minimum atomic E-state index is -0.541. The van der Waals surface area contributed by atoms with Crippen molar-refractivity contribution in [3.05, 3.63) is 63.6 Å². The number of rotatable bonds is 5. The van der Waals surface area contributed by atoms with Crippen molar-refractivity contribution in [2.24, 2.45) is 0 Å². The van der Waals surface area contributed by atoms with Gasteiger partial charge >= 0.3 is 0 Å². The van der Waals surface area contributed by atoms with Gasteiger partial charge in [-0.05, 0) is 23.8 Å². The van der Waals surface area contributed by atoms with E-state index in [2.05, 4.69) is 10.3 Å². The summed E-state index contributed by atoms with van der Waals surface area (Å²) in [7, 11) is 0. The zero-order chi connectivity index (χ0) is 18.5. The van der Waals surface area contributed by atoms with Crippen molar-refractivity contribution < 1.29 is 13.9 Å². The van der Waals surface area contributed by atoms with E-state index in [1.807, 2.05) is 17.0 Å². The van der Waals surface area contributed by atoms with Gasteiger partial charge in [-0.3, -0.25) is 14.7 Å². The zero-order valence-corrected chi connectivity index (χ0v) is 15.4. The second-order valence-electron chi connectivity index (χ2n) is 6.02. The summed E-state index contributed by atoms with van der Waals surface area (Å²) in [5.74, 6) is -0.635. The molecule has 1 aromatic carbocycles. The molecule has 1 atom stereocenters. The van der Waals surface area contributed by atoms with Gasteiger partial charge in [0.2, 0.25) is 5.91 Å². The molecular formula is C18H18Cl2FN3O2. The molecule has 1 saturated heterocycles. The highest BCUT2D eigenvalue weighted by molar-refractivity contribution is 6.35. The summed E-state index contributed by atoms with van der Waals surface area (Å²) >= 11 is 11.9. The molecule has 1 N–H and O–H groups in total. The SMILES string of the molecule is O=C(CN1CCOC(c2cc(F)c(Cl)cc2Cl)C1)NCc1cccnc1. The molecule has 1 aliphatic rings. The van der Waals surface area contributed by atoms with Crippen LogP contribution >= 0.6 is 23.2 Å². The Bertz CT molecular complexity index is 777. The van der Waals surface area contributed by atoms with Gasteiger partial charge in [0, 0.05) is 42.6 Å². The molecule has 26 heavy (non-hydrogen) atoms. The maximum atomic E-state index is 13.8. The number of pyridine rings is 1. The number of ether oxygens (including phenoxy) is 1. The third-order valence-electron chi connectivity index (χ3n) is 4.12. The average Bonchev–Trinajstić information content (AvgIpc) is 2.64. The summed E-state index contributed by atoms with van der Waals surface area (Å²) in [6.45, 7) is 2.15. The van der Waals surface area contributed by atoms with Gasteiger partial charge in [-0.1, -0.05) is 29.3 Å². The Morgan fingerprint density at radius 2 is 2.23 bits per heavy atom. The van der Waals surface area contributed by atoms with Crippen LogP contribution in [0.4, 0.5) is 4.39 Å². The predicted molar refractivity (Wildman–Crippen MR) is 97.6 cm³/mol. The highest BCUT2D eigenvalue weighted by atomic mass is 35.5. The number of hydrogen-bond acceptors (Lipinski definition) is 4. The molecule has 0 bridgehead atoms. The van der Waals surface area contributed by atoms with E-state index in [1.165, 1.54) is 12.1 Å². The molecule has 0 radical (unpaired) electrons. The summed E-state index contributed by atoms with van der Waals surface area (Å²) in [5, 5.41) is 3.19. The Morgan fingerprint density at radius 1 is 1.38 bits per heavy atom. The number of carbonyl (C=O) groups excluding carboxylic acids is 1. The number of amides is 1. The summed E-state index contributed by atoms with van der Waals surface area (Å²) in [4.78, 5) is 18.1. The van der Waals surface area contributed by atoms with Crippen molar-refractivity contribution in [1.29, 1.82) is 0 Å². The van der Waals surface area contributed by atoms with E-state index in [-0.39, 0.29) is 17.5 Å². The van der Waals surface area contributed by atoms with Gasteiger partial charge in [0.15, 0.2) is 0 Å². The number of aromatic nitrogens is 1. The van der Waals surface area contributed by atoms with Gasteiger partial charge in [-0.2, -0.15) is 0 Å². The van der Waals surface area contributed by atoms with Crippen LogP contribution in [0.15, 0.2) is 36.7 Å². The van der Waals surface area contributed by atoms with E-state index in [9.17, 15) is 9.18 Å². The minimum absolute atomic E-state index is 0.0267. The van der Waals surface area contributed by atoms with Crippen molar-refractivity contribution >= 4 is 29.1 Å². The first-order valence-electron chi connectivity index (χ1n) is 8.17. The lowest BCUT2D eigenvalue weighted by molar-refractivity contribution is -0.124. The lowest BCUT2D eigenvalue weighted by atomic mass is 10.1. The monoisotopic (exact) mass is 397 g/mol. The molecule has 0 aliphatic carbocycles. The van der Waals surface area contributed by atoms with E-state index in [4.69, 9.17) is 27.9 Å². The van der Waals surface area contributed by atoms with E-state index in [0.717, 1.165) is 5.56 Å². The van der Waals surface area contributed by atoms with Crippen LogP contribution in [0, 0.1) is 5.82 Å². The van der Waals surface area contributed by atoms with Gasteiger partial charge in [0.05, 0.1) is 24.3 Å². The molecule has 0 saturated carbocycles. The minimum Gasteiger partial charge on any atom is -0.371 e. The molecule has 2 aromatic rings. The maximum absolute atomic E-state index is 13.8. The maximum Gasteiger partial charge on any atom is 0.234 e. The highest BCUT2D eigenvalue weighted by Crippen LogP contribution is 2.32. The Kier molecular flexibility index (Phi) is 6.43.